The molecule has 0 fully saturated rings. The van der Waals surface area contributed by atoms with E-state index in [1.807, 2.05) is 0 Å². The van der Waals surface area contributed by atoms with Gasteiger partial charge in [0.05, 0.1) is 39.5 Å². The van der Waals surface area contributed by atoms with Crippen LogP contribution in [0.3, 0.4) is 0 Å². The fraction of sp³-hybridized carbons (Fsp3) is 0.0185. The van der Waals surface area contributed by atoms with Gasteiger partial charge in [-0.15, -0.1) is 11.3 Å². The average molecular weight is 771 g/mol. The number of rotatable bonds is 4. The van der Waals surface area contributed by atoms with Gasteiger partial charge in [-0.2, -0.15) is 0 Å². The van der Waals surface area contributed by atoms with Crippen molar-refractivity contribution in [3.05, 3.63) is 205 Å². The van der Waals surface area contributed by atoms with Gasteiger partial charge in [-0.05, 0) is 82.4 Å². The van der Waals surface area contributed by atoms with Crippen molar-refractivity contribution in [1.82, 2.24) is 9.13 Å². The number of aliphatic imine (C=N–C) groups is 1. The Hall–Kier alpha value is -7.47. The molecule has 13 rings (SSSR count). The first-order valence-electron chi connectivity index (χ1n) is 20.2. The Kier molecular flexibility index (Phi) is 6.91. The number of thiophene rings is 1. The number of para-hydroxylation sites is 3. The molecule has 4 heterocycles. The van der Waals surface area contributed by atoms with Crippen LogP contribution in [0.15, 0.2) is 199 Å². The molecule has 4 nitrogen and oxygen atoms in total. The monoisotopic (exact) mass is 770 g/mol. The van der Waals surface area contributed by atoms with Crippen LogP contribution in [0, 0.1) is 0 Å². The highest BCUT2D eigenvalue weighted by atomic mass is 32.1. The summed E-state index contributed by atoms with van der Waals surface area (Å²) in [5.74, 6) is 0. The van der Waals surface area contributed by atoms with Crippen molar-refractivity contribution >= 4 is 103 Å². The maximum atomic E-state index is 5.69. The molecule has 9 aromatic carbocycles. The summed E-state index contributed by atoms with van der Waals surface area (Å²) in [5.41, 5.74) is 11.4. The minimum absolute atomic E-state index is 0.187. The quantitative estimate of drug-likeness (QED) is 0.190. The van der Waals surface area contributed by atoms with Crippen LogP contribution in [0.25, 0.3) is 86.6 Å². The lowest BCUT2D eigenvalue weighted by Crippen LogP contribution is -2.24. The lowest BCUT2D eigenvalue weighted by molar-refractivity contribution is 1.03. The minimum atomic E-state index is -0.187. The predicted molar refractivity (Wildman–Crippen MR) is 251 cm³/mol. The zero-order valence-corrected chi connectivity index (χ0v) is 32.6. The van der Waals surface area contributed by atoms with E-state index in [4.69, 9.17) is 4.99 Å². The Balaban J connectivity index is 1.05. The fourth-order valence-corrected chi connectivity index (χ4v) is 10.8. The van der Waals surface area contributed by atoms with Gasteiger partial charge in [0.1, 0.15) is 10.7 Å². The normalized spacial score (nSPS) is 14.2. The van der Waals surface area contributed by atoms with Crippen LogP contribution in [-0.2, 0) is 0 Å². The molecule has 12 aromatic rings. The topological polar surface area (TPSA) is 34.2 Å². The van der Waals surface area contributed by atoms with E-state index in [1.54, 1.807) is 11.3 Å². The number of hydrogen-bond donors (Lipinski definition) is 1. The largest absolute Gasteiger partial charge is 0.363 e. The second kappa shape index (κ2) is 12.5. The number of hydrogen-bond acceptors (Lipinski definition) is 3. The maximum Gasteiger partial charge on any atom is 0.116 e. The summed E-state index contributed by atoms with van der Waals surface area (Å²) < 4.78 is 6.07. The van der Waals surface area contributed by atoms with Gasteiger partial charge in [0.2, 0.25) is 0 Å². The third kappa shape index (κ3) is 4.80. The maximum absolute atomic E-state index is 5.69. The predicted octanol–water partition coefficient (Wildman–Crippen LogP) is 14.7. The number of nitrogens with one attached hydrogen (secondary N) is 1. The molecule has 3 aromatic heterocycles. The molecule has 0 amide bonds. The summed E-state index contributed by atoms with van der Waals surface area (Å²) in [6, 6.07) is 70.5. The van der Waals surface area contributed by atoms with Crippen molar-refractivity contribution in [2.24, 2.45) is 4.99 Å². The minimum Gasteiger partial charge on any atom is -0.363 e. The van der Waals surface area contributed by atoms with Gasteiger partial charge in [0.25, 0.3) is 0 Å². The van der Waals surface area contributed by atoms with Crippen molar-refractivity contribution < 1.29 is 0 Å². The van der Waals surface area contributed by atoms with Crippen molar-refractivity contribution in [3.63, 3.8) is 0 Å². The molecular formula is C54H34N4S. The number of benzene rings is 9. The number of anilines is 1. The van der Waals surface area contributed by atoms with E-state index in [-0.39, 0.29) is 6.04 Å². The van der Waals surface area contributed by atoms with Gasteiger partial charge in [-0.3, -0.25) is 0 Å². The summed E-state index contributed by atoms with van der Waals surface area (Å²) in [7, 11) is 0. The van der Waals surface area contributed by atoms with Crippen LogP contribution in [-0.4, -0.2) is 14.8 Å². The van der Waals surface area contributed by atoms with Crippen molar-refractivity contribution in [2.45, 2.75) is 6.04 Å². The van der Waals surface area contributed by atoms with Crippen molar-refractivity contribution in [2.75, 3.05) is 5.32 Å². The van der Waals surface area contributed by atoms with Crippen LogP contribution in [0.5, 0.6) is 0 Å². The number of aromatic nitrogens is 2. The summed E-state index contributed by atoms with van der Waals surface area (Å²) in [4.78, 5) is 5.69. The molecule has 59 heavy (non-hydrogen) atoms. The van der Waals surface area contributed by atoms with Gasteiger partial charge in [0.15, 0.2) is 0 Å². The lowest BCUT2D eigenvalue weighted by Gasteiger charge is -2.27. The molecule has 5 heteroatoms. The molecule has 0 bridgehead atoms. The smallest absolute Gasteiger partial charge is 0.116 e. The Bertz CT molecular complexity index is 3720. The number of fused-ring (bicyclic) bond motifs is 11. The molecule has 0 saturated heterocycles. The average Bonchev–Trinajstić information content (AvgIpc) is 3.94. The van der Waals surface area contributed by atoms with Gasteiger partial charge in [-0.1, -0.05) is 133 Å². The van der Waals surface area contributed by atoms with E-state index in [0.29, 0.717) is 0 Å². The van der Waals surface area contributed by atoms with Gasteiger partial charge < -0.3 is 14.5 Å². The van der Waals surface area contributed by atoms with E-state index in [9.17, 15) is 0 Å². The lowest BCUT2D eigenvalue weighted by atomic mass is 9.90. The van der Waals surface area contributed by atoms with Crippen LogP contribution in [0.1, 0.15) is 17.2 Å². The van der Waals surface area contributed by atoms with Crippen molar-refractivity contribution in [1.29, 1.82) is 0 Å². The van der Waals surface area contributed by atoms with Crippen molar-refractivity contribution in [3.8, 4) is 11.4 Å². The van der Waals surface area contributed by atoms with Crippen LogP contribution in [0.2, 0.25) is 0 Å². The van der Waals surface area contributed by atoms with E-state index in [2.05, 4.69) is 209 Å². The molecule has 0 aliphatic carbocycles. The standard InChI is InChI=1S/C54H34N4S/c1-2-16-36(17-3-1)57-45-23-11-8-20-39(45)43-31-35(26-28-48(43)57)51-52(55-53-42-22-10-13-25-50(42)59-54(53)56-51)41-27-29-47(38-19-7-6-18-37(38)41)58-46-24-12-9-21-40(46)44-30-33-14-4-5-15-34(33)32-49(44)58/h1-32,51,56H. The first kappa shape index (κ1) is 32.6. The summed E-state index contributed by atoms with van der Waals surface area (Å²) >= 11 is 1.78. The molecule has 1 unspecified atom stereocenters. The molecule has 0 radical (unpaired) electrons. The van der Waals surface area contributed by atoms with Crippen LogP contribution >= 0.6 is 11.3 Å². The fourth-order valence-electron chi connectivity index (χ4n) is 9.72. The molecule has 1 N–H and O–H groups in total. The summed E-state index contributed by atoms with van der Waals surface area (Å²) in [6.45, 7) is 0. The molecule has 276 valence electrons. The SMILES string of the molecule is c1ccc(-n2c3ccccc3c3cc(C4Nc5sc6ccccc6c5N=C4c4ccc(-n5c6ccccc6c6cc7ccccc7cc65)c5ccccc45)ccc32)cc1. The van der Waals surface area contributed by atoms with Gasteiger partial charge in [-0.25, -0.2) is 4.99 Å². The molecular weight excluding hydrogens is 737 g/mol. The van der Waals surface area contributed by atoms with Gasteiger partial charge in [0, 0.05) is 48.3 Å². The summed E-state index contributed by atoms with van der Waals surface area (Å²) in [6.07, 6.45) is 0. The Morgan fingerprint density at radius 3 is 1.85 bits per heavy atom. The second-order valence-electron chi connectivity index (χ2n) is 15.6. The third-order valence-corrected chi connectivity index (χ3v) is 13.4. The zero-order valence-electron chi connectivity index (χ0n) is 31.8. The highest BCUT2D eigenvalue weighted by Gasteiger charge is 2.30. The second-order valence-corrected chi connectivity index (χ2v) is 16.6. The highest BCUT2D eigenvalue weighted by Crippen LogP contribution is 2.49. The number of nitrogens with zero attached hydrogens (tertiary/aromatic N) is 3. The van der Waals surface area contributed by atoms with E-state index in [0.717, 1.165) is 33.3 Å². The van der Waals surface area contributed by atoms with E-state index < -0.39 is 0 Å². The van der Waals surface area contributed by atoms with Crippen LogP contribution < -0.4 is 5.32 Å². The Morgan fingerprint density at radius 2 is 1.05 bits per heavy atom. The molecule has 0 saturated carbocycles. The molecule has 1 aliphatic heterocycles. The molecule has 0 spiro atoms. The van der Waals surface area contributed by atoms with Gasteiger partial charge >= 0.3 is 0 Å². The zero-order chi connectivity index (χ0) is 38.6. The third-order valence-electron chi connectivity index (χ3n) is 12.4. The highest BCUT2D eigenvalue weighted by molar-refractivity contribution is 7.23. The summed E-state index contributed by atoms with van der Waals surface area (Å²) in [5, 5.41) is 16.1. The first-order valence-corrected chi connectivity index (χ1v) is 21.0. The van der Waals surface area contributed by atoms with E-state index in [1.165, 1.54) is 80.8 Å². The molecule has 1 aliphatic rings. The van der Waals surface area contributed by atoms with Crippen LogP contribution in [0.4, 0.5) is 10.7 Å². The first-order chi connectivity index (χ1) is 29.3. The molecule has 1 atom stereocenters. The Labute approximate surface area is 343 Å². The van der Waals surface area contributed by atoms with E-state index >= 15 is 0 Å². The Morgan fingerprint density at radius 1 is 0.441 bits per heavy atom.